The fourth-order valence-corrected chi connectivity index (χ4v) is 3.63. The molecule has 0 aliphatic carbocycles. The maximum atomic E-state index is 5.48. The Kier molecular flexibility index (Phi) is 6.31. The molecule has 0 saturated heterocycles. The van der Waals surface area contributed by atoms with E-state index >= 15 is 0 Å². The van der Waals surface area contributed by atoms with E-state index in [1.807, 2.05) is 24.3 Å². The summed E-state index contributed by atoms with van der Waals surface area (Å²) in [6.07, 6.45) is 0. The summed E-state index contributed by atoms with van der Waals surface area (Å²) in [6.45, 7) is 0.690. The molecule has 0 aromatic heterocycles. The van der Waals surface area contributed by atoms with Gasteiger partial charge >= 0.3 is 0 Å². The molecule has 0 unspecified atom stereocenters. The highest BCUT2D eigenvalue weighted by atomic mass is 79.9. The molecule has 0 aliphatic heterocycles. The predicted molar refractivity (Wildman–Crippen MR) is 109 cm³/mol. The second kappa shape index (κ2) is 8.88. The average Bonchev–Trinajstić information content (AvgIpc) is 2.70. The Morgan fingerprint density at radius 2 is 1.38 bits per heavy atom. The molecule has 134 valence electrons. The maximum Gasteiger partial charge on any atom is 0.175 e. The number of hydrogen-bond donors (Lipinski definition) is 1. The third kappa shape index (κ3) is 4.09. The molecule has 4 heteroatoms. The Morgan fingerprint density at radius 1 is 0.808 bits per heavy atom. The van der Waals surface area contributed by atoms with Gasteiger partial charge in [-0.25, -0.2) is 0 Å². The van der Waals surface area contributed by atoms with Crippen LogP contribution in [0, 0.1) is 0 Å². The van der Waals surface area contributed by atoms with Crippen molar-refractivity contribution in [2.24, 2.45) is 0 Å². The van der Waals surface area contributed by atoms with Crippen LogP contribution in [-0.4, -0.2) is 14.2 Å². The lowest BCUT2D eigenvalue weighted by atomic mass is 9.98. The molecular formula is C22H22BrNO2. The van der Waals surface area contributed by atoms with Gasteiger partial charge in [0.05, 0.1) is 24.7 Å². The number of ether oxygens (including phenoxy) is 2. The van der Waals surface area contributed by atoms with Crippen molar-refractivity contribution in [3.8, 4) is 11.5 Å². The van der Waals surface area contributed by atoms with Crippen LogP contribution in [0.2, 0.25) is 0 Å². The number of nitrogens with one attached hydrogen (secondary N) is 1. The van der Waals surface area contributed by atoms with Crippen LogP contribution in [0.4, 0.5) is 0 Å². The highest BCUT2D eigenvalue weighted by molar-refractivity contribution is 9.10. The van der Waals surface area contributed by atoms with Crippen molar-refractivity contribution in [2.45, 2.75) is 12.6 Å². The first-order chi connectivity index (χ1) is 12.7. The molecule has 0 aliphatic rings. The fraction of sp³-hybridized carbons (Fsp3) is 0.182. The van der Waals surface area contributed by atoms with Gasteiger partial charge in [0, 0.05) is 6.54 Å². The summed E-state index contributed by atoms with van der Waals surface area (Å²) in [4.78, 5) is 0. The molecule has 0 spiro atoms. The Morgan fingerprint density at radius 3 is 1.88 bits per heavy atom. The summed E-state index contributed by atoms with van der Waals surface area (Å²) >= 11 is 3.65. The van der Waals surface area contributed by atoms with E-state index in [9.17, 15) is 0 Å². The standard InChI is InChI=1S/C22H22BrNO2/c1-25-19-14-13-18(20(23)22(19)26-2)15-24-21(16-9-5-3-6-10-16)17-11-7-4-8-12-17/h3-14,21,24H,15H2,1-2H3. The van der Waals surface area contributed by atoms with Gasteiger partial charge in [-0.05, 0) is 38.7 Å². The lowest BCUT2D eigenvalue weighted by molar-refractivity contribution is 0.352. The molecule has 3 rings (SSSR count). The molecule has 3 aromatic carbocycles. The van der Waals surface area contributed by atoms with E-state index in [4.69, 9.17) is 9.47 Å². The number of halogens is 1. The van der Waals surface area contributed by atoms with E-state index in [0.29, 0.717) is 18.0 Å². The van der Waals surface area contributed by atoms with Crippen LogP contribution < -0.4 is 14.8 Å². The monoisotopic (exact) mass is 411 g/mol. The summed E-state index contributed by atoms with van der Waals surface area (Å²) in [5.41, 5.74) is 3.57. The highest BCUT2D eigenvalue weighted by Gasteiger charge is 2.16. The van der Waals surface area contributed by atoms with Crippen LogP contribution in [-0.2, 0) is 6.54 Å². The first-order valence-electron chi connectivity index (χ1n) is 8.47. The number of hydrogen-bond acceptors (Lipinski definition) is 3. The van der Waals surface area contributed by atoms with E-state index in [2.05, 4.69) is 69.8 Å². The SMILES string of the molecule is COc1ccc(CNC(c2ccccc2)c2ccccc2)c(Br)c1OC. The van der Waals surface area contributed by atoms with Crippen LogP contribution in [0.25, 0.3) is 0 Å². The van der Waals surface area contributed by atoms with E-state index < -0.39 is 0 Å². The fourth-order valence-electron chi connectivity index (χ4n) is 3.00. The molecule has 0 radical (unpaired) electrons. The Labute approximate surface area is 163 Å². The molecule has 0 bridgehead atoms. The van der Waals surface area contributed by atoms with Crippen LogP contribution >= 0.6 is 15.9 Å². The van der Waals surface area contributed by atoms with Gasteiger partial charge in [-0.3, -0.25) is 0 Å². The average molecular weight is 412 g/mol. The molecular weight excluding hydrogens is 390 g/mol. The summed E-state index contributed by atoms with van der Waals surface area (Å²) in [7, 11) is 3.29. The summed E-state index contributed by atoms with van der Waals surface area (Å²) in [5.74, 6) is 1.42. The Bertz CT molecular complexity index is 798. The van der Waals surface area contributed by atoms with Gasteiger partial charge in [0.15, 0.2) is 11.5 Å². The minimum atomic E-state index is 0.109. The number of rotatable bonds is 7. The van der Waals surface area contributed by atoms with Crippen LogP contribution in [0.3, 0.4) is 0 Å². The van der Waals surface area contributed by atoms with Crippen LogP contribution in [0.1, 0.15) is 22.7 Å². The van der Waals surface area contributed by atoms with Gasteiger partial charge in [0.25, 0.3) is 0 Å². The molecule has 0 fully saturated rings. The van der Waals surface area contributed by atoms with Crippen molar-refractivity contribution in [1.29, 1.82) is 0 Å². The summed E-state index contributed by atoms with van der Waals surface area (Å²) in [5, 5.41) is 3.67. The lowest BCUT2D eigenvalue weighted by Crippen LogP contribution is -2.22. The molecule has 3 nitrogen and oxygen atoms in total. The van der Waals surface area contributed by atoms with Crippen molar-refractivity contribution >= 4 is 15.9 Å². The first kappa shape index (κ1) is 18.5. The van der Waals surface area contributed by atoms with Gasteiger partial charge < -0.3 is 14.8 Å². The normalized spacial score (nSPS) is 10.8. The number of benzene rings is 3. The van der Waals surface area contributed by atoms with Gasteiger partial charge in [-0.2, -0.15) is 0 Å². The van der Waals surface area contributed by atoms with Crippen LogP contribution in [0.5, 0.6) is 11.5 Å². The van der Waals surface area contributed by atoms with Crippen molar-refractivity contribution in [1.82, 2.24) is 5.32 Å². The second-order valence-electron chi connectivity index (χ2n) is 5.91. The van der Waals surface area contributed by atoms with Crippen molar-refractivity contribution < 1.29 is 9.47 Å². The quantitative estimate of drug-likeness (QED) is 0.568. The molecule has 3 aromatic rings. The third-order valence-corrected chi connectivity index (χ3v) is 5.20. The molecule has 0 heterocycles. The zero-order chi connectivity index (χ0) is 18.4. The van der Waals surface area contributed by atoms with Gasteiger partial charge in [0.2, 0.25) is 0 Å². The van der Waals surface area contributed by atoms with Crippen molar-refractivity contribution in [2.75, 3.05) is 14.2 Å². The maximum absolute atomic E-state index is 5.48. The number of methoxy groups -OCH3 is 2. The van der Waals surface area contributed by atoms with Gasteiger partial charge in [-0.15, -0.1) is 0 Å². The zero-order valence-electron chi connectivity index (χ0n) is 14.9. The molecule has 1 N–H and O–H groups in total. The topological polar surface area (TPSA) is 30.5 Å². The lowest BCUT2D eigenvalue weighted by Gasteiger charge is -2.21. The molecule has 26 heavy (non-hydrogen) atoms. The first-order valence-corrected chi connectivity index (χ1v) is 9.26. The minimum Gasteiger partial charge on any atom is -0.493 e. The predicted octanol–water partition coefficient (Wildman–Crippen LogP) is 5.35. The summed E-state index contributed by atoms with van der Waals surface area (Å²) < 4.78 is 11.8. The van der Waals surface area contributed by atoms with Crippen molar-refractivity contribution in [3.05, 3.63) is 94.0 Å². The zero-order valence-corrected chi connectivity index (χ0v) is 16.5. The molecule has 0 saturated carbocycles. The van der Waals surface area contributed by atoms with E-state index in [-0.39, 0.29) is 6.04 Å². The molecule has 0 atom stereocenters. The van der Waals surface area contributed by atoms with Crippen LogP contribution in [0.15, 0.2) is 77.3 Å². The van der Waals surface area contributed by atoms with Crippen molar-refractivity contribution in [3.63, 3.8) is 0 Å². The van der Waals surface area contributed by atoms with Gasteiger partial charge in [0.1, 0.15) is 0 Å². The van der Waals surface area contributed by atoms with E-state index in [1.165, 1.54) is 11.1 Å². The Balaban J connectivity index is 1.87. The largest absolute Gasteiger partial charge is 0.493 e. The Hall–Kier alpha value is -2.30. The minimum absolute atomic E-state index is 0.109. The van der Waals surface area contributed by atoms with E-state index in [0.717, 1.165) is 10.0 Å². The molecule has 0 amide bonds. The second-order valence-corrected chi connectivity index (χ2v) is 6.70. The van der Waals surface area contributed by atoms with E-state index in [1.54, 1.807) is 14.2 Å². The third-order valence-electron chi connectivity index (χ3n) is 4.33. The smallest absolute Gasteiger partial charge is 0.175 e. The highest BCUT2D eigenvalue weighted by Crippen LogP contribution is 2.37. The van der Waals surface area contributed by atoms with Gasteiger partial charge in [-0.1, -0.05) is 66.7 Å². The summed E-state index contributed by atoms with van der Waals surface area (Å²) in [6, 6.07) is 25.0.